The number of phenolic OH excluding ortho intramolecular Hbond substituents is 1. The third-order valence-corrected chi connectivity index (χ3v) is 3.37. The second-order valence-electron chi connectivity index (χ2n) is 3.72. The van der Waals surface area contributed by atoms with E-state index in [0.29, 0.717) is 4.47 Å². The quantitative estimate of drug-likeness (QED) is 0.858. The number of rotatable bonds is 2. The normalized spacial score (nSPS) is 10.3. The monoisotopic (exact) mass is 343 g/mol. The van der Waals surface area contributed by atoms with E-state index in [1.54, 1.807) is 6.07 Å². The molecule has 98 valence electrons. The summed E-state index contributed by atoms with van der Waals surface area (Å²) in [6.07, 6.45) is 0. The maximum absolute atomic E-state index is 13.6. The van der Waals surface area contributed by atoms with Crippen molar-refractivity contribution in [2.24, 2.45) is 0 Å². The van der Waals surface area contributed by atoms with Crippen LogP contribution in [0, 0.1) is 5.82 Å². The van der Waals surface area contributed by atoms with Crippen molar-refractivity contribution in [1.82, 2.24) is 0 Å². The molecule has 3 nitrogen and oxygen atoms in total. The molecule has 2 aromatic carbocycles. The molecule has 0 aliphatic heterocycles. The van der Waals surface area contributed by atoms with Crippen molar-refractivity contribution in [3.8, 4) is 5.75 Å². The maximum Gasteiger partial charge on any atom is 0.255 e. The molecule has 2 rings (SSSR count). The molecule has 0 aromatic heterocycles. The first-order valence-corrected chi connectivity index (χ1v) is 6.40. The molecule has 0 aliphatic rings. The predicted octanol–water partition coefficient (Wildman–Crippen LogP) is 4.20. The van der Waals surface area contributed by atoms with Crippen LogP contribution in [0.1, 0.15) is 10.4 Å². The lowest BCUT2D eigenvalue weighted by atomic mass is 10.2. The molecule has 0 aliphatic carbocycles. The van der Waals surface area contributed by atoms with Crippen molar-refractivity contribution in [2.45, 2.75) is 0 Å². The number of amides is 1. The summed E-state index contributed by atoms with van der Waals surface area (Å²) < 4.78 is 14.0. The van der Waals surface area contributed by atoms with Gasteiger partial charge in [0.15, 0.2) is 0 Å². The molecule has 0 spiro atoms. The van der Waals surface area contributed by atoms with Gasteiger partial charge in [-0.1, -0.05) is 17.7 Å². The number of aromatic hydroxyl groups is 1. The molecule has 0 unspecified atom stereocenters. The zero-order valence-corrected chi connectivity index (χ0v) is 11.8. The van der Waals surface area contributed by atoms with Gasteiger partial charge in [-0.05, 0) is 46.3 Å². The molecule has 0 fully saturated rings. The molecule has 2 N–H and O–H groups in total. The summed E-state index contributed by atoms with van der Waals surface area (Å²) in [5.41, 5.74) is 0.273. The van der Waals surface area contributed by atoms with Gasteiger partial charge in [0, 0.05) is 10.0 Å². The van der Waals surface area contributed by atoms with Crippen LogP contribution in [0.5, 0.6) is 5.75 Å². The van der Waals surface area contributed by atoms with E-state index in [1.165, 1.54) is 30.3 Å². The molecule has 0 saturated heterocycles. The van der Waals surface area contributed by atoms with E-state index >= 15 is 0 Å². The van der Waals surface area contributed by atoms with Crippen LogP contribution >= 0.6 is 27.5 Å². The van der Waals surface area contributed by atoms with Crippen LogP contribution in [0.4, 0.5) is 10.1 Å². The molecule has 0 bridgehead atoms. The van der Waals surface area contributed by atoms with E-state index in [0.717, 1.165) is 0 Å². The fourth-order valence-electron chi connectivity index (χ4n) is 1.45. The van der Waals surface area contributed by atoms with Crippen LogP contribution in [0.25, 0.3) is 0 Å². The highest BCUT2D eigenvalue weighted by molar-refractivity contribution is 9.10. The van der Waals surface area contributed by atoms with Gasteiger partial charge < -0.3 is 10.4 Å². The van der Waals surface area contributed by atoms with Gasteiger partial charge in [-0.3, -0.25) is 4.79 Å². The Morgan fingerprint density at radius 1 is 1.32 bits per heavy atom. The van der Waals surface area contributed by atoms with E-state index in [2.05, 4.69) is 21.2 Å². The highest BCUT2D eigenvalue weighted by Crippen LogP contribution is 2.27. The molecule has 6 heteroatoms. The Morgan fingerprint density at radius 2 is 2.05 bits per heavy atom. The van der Waals surface area contributed by atoms with Crippen LogP contribution in [-0.4, -0.2) is 11.0 Å². The first-order chi connectivity index (χ1) is 8.99. The van der Waals surface area contributed by atoms with Crippen molar-refractivity contribution >= 4 is 39.1 Å². The standard InChI is InChI=1S/C13H8BrClFNO2/c14-8-2-1-3-10(16)12(8)17-13(19)7-4-5-11(18)9(15)6-7/h1-6,18H,(H,17,19). The minimum Gasteiger partial charge on any atom is -0.506 e. The van der Waals surface area contributed by atoms with Gasteiger partial charge in [-0.25, -0.2) is 4.39 Å². The summed E-state index contributed by atoms with van der Waals surface area (Å²) in [6.45, 7) is 0. The lowest BCUT2D eigenvalue weighted by Gasteiger charge is -2.09. The summed E-state index contributed by atoms with van der Waals surface area (Å²) in [4.78, 5) is 11.9. The highest BCUT2D eigenvalue weighted by Gasteiger charge is 2.13. The molecular formula is C13H8BrClFNO2. The Hall–Kier alpha value is -1.59. The minimum absolute atomic E-state index is 0.0525. The highest BCUT2D eigenvalue weighted by atomic mass is 79.9. The van der Waals surface area contributed by atoms with E-state index in [4.69, 9.17) is 11.6 Å². The van der Waals surface area contributed by atoms with Crippen molar-refractivity contribution in [2.75, 3.05) is 5.32 Å². The summed E-state index contributed by atoms with van der Waals surface area (Å²) in [5.74, 6) is -1.19. The number of para-hydroxylation sites is 1. The first kappa shape index (κ1) is 13.8. The summed E-state index contributed by atoms with van der Waals surface area (Å²) in [6, 6.07) is 8.37. The number of halogens is 3. The second kappa shape index (κ2) is 5.59. The van der Waals surface area contributed by atoms with Gasteiger partial charge >= 0.3 is 0 Å². The van der Waals surface area contributed by atoms with Gasteiger partial charge in [0.05, 0.1) is 10.7 Å². The van der Waals surface area contributed by atoms with Crippen LogP contribution < -0.4 is 5.32 Å². The van der Waals surface area contributed by atoms with Crippen molar-refractivity contribution in [3.05, 3.63) is 57.3 Å². The topological polar surface area (TPSA) is 49.3 Å². The summed E-state index contributed by atoms with van der Waals surface area (Å²) in [7, 11) is 0. The van der Waals surface area contributed by atoms with Gasteiger partial charge in [0.25, 0.3) is 5.91 Å². The molecule has 1 amide bonds. The van der Waals surface area contributed by atoms with Crippen LogP contribution in [0.2, 0.25) is 5.02 Å². The Labute approximate surface area is 122 Å². The number of anilines is 1. The molecule has 2 aromatic rings. The smallest absolute Gasteiger partial charge is 0.255 e. The molecule has 0 heterocycles. The van der Waals surface area contributed by atoms with E-state index in [-0.39, 0.29) is 22.0 Å². The largest absolute Gasteiger partial charge is 0.506 e. The molecule has 0 saturated carbocycles. The number of carbonyl (C=O) groups is 1. The Bertz CT molecular complexity index is 628. The van der Waals surface area contributed by atoms with Gasteiger partial charge in [0.1, 0.15) is 11.6 Å². The molecule has 0 atom stereocenters. The average molecular weight is 345 g/mol. The number of nitrogens with one attached hydrogen (secondary N) is 1. The lowest BCUT2D eigenvalue weighted by molar-refractivity contribution is 0.102. The lowest BCUT2D eigenvalue weighted by Crippen LogP contribution is -2.13. The SMILES string of the molecule is O=C(Nc1c(F)cccc1Br)c1ccc(O)c(Cl)c1. The van der Waals surface area contributed by atoms with E-state index in [9.17, 15) is 14.3 Å². The number of benzene rings is 2. The molecule has 19 heavy (non-hydrogen) atoms. The number of hydrogen-bond donors (Lipinski definition) is 2. The third kappa shape index (κ3) is 3.05. The van der Waals surface area contributed by atoms with Gasteiger partial charge in [0.2, 0.25) is 0 Å². The predicted molar refractivity (Wildman–Crippen MR) is 75.2 cm³/mol. The van der Waals surface area contributed by atoms with Crippen molar-refractivity contribution in [1.29, 1.82) is 0 Å². The van der Waals surface area contributed by atoms with Crippen molar-refractivity contribution < 1.29 is 14.3 Å². The fraction of sp³-hybridized carbons (Fsp3) is 0. The Morgan fingerprint density at radius 3 is 2.68 bits per heavy atom. The summed E-state index contributed by atoms with van der Waals surface area (Å²) >= 11 is 8.86. The number of phenols is 1. The molecular weight excluding hydrogens is 337 g/mol. The minimum atomic E-state index is -0.549. The molecule has 0 radical (unpaired) electrons. The number of carbonyl (C=O) groups excluding carboxylic acids is 1. The zero-order valence-electron chi connectivity index (χ0n) is 9.45. The van der Waals surface area contributed by atoms with Crippen LogP contribution in [0.3, 0.4) is 0 Å². The average Bonchev–Trinajstić information content (AvgIpc) is 2.37. The zero-order chi connectivity index (χ0) is 14.0. The van der Waals surface area contributed by atoms with Crippen LogP contribution in [-0.2, 0) is 0 Å². The van der Waals surface area contributed by atoms with Gasteiger partial charge in [-0.2, -0.15) is 0 Å². The van der Waals surface area contributed by atoms with E-state index in [1.807, 2.05) is 0 Å². The third-order valence-electron chi connectivity index (χ3n) is 2.41. The maximum atomic E-state index is 13.6. The second-order valence-corrected chi connectivity index (χ2v) is 4.98. The van der Waals surface area contributed by atoms with Crippen LogP contribution in [0.15, 0.2) is 40.9 Å². The number of hydrogen-bond acceptors (Lipinski definition) is 2. The first-order valence-electron chi connectivity index (χ1n) is 5.23. The van der Waals surface area contributed by atoms with Crippen molar-refractivity contribution in [3.63, 3.8) is 0 Å². The van der Waals surface area contributed by atoms with E-state index < -0.39 is 11.7 Å². The van der Waals surface area contributed by atoms with Gasteiger partial charge in [-0.15, -0.1) is 0 Å². The summed E-state index contributed by atoms with van der Waals surface area (Å²) in [5, 5.41) is 11.8. The Kier molecular flexibility index (Phi) is 4.07. The Balaban J connectivity index is 2.28. The fourth-order valence-corrected chi connectivity index (χ4v) is 2.07.